The maximum Gasteiger partial charge on any atom is -0.0230 e. The van der Waals surface area contributed by atoms with Gasteiger partial charge in [-0.05, 0) is 31.8 Å². The molecule has 0 aromatic carbocycles. The van der Waals surface area contributed by atoms with Gasteiger partial charge in [-0.25, -0.2) is 0 Å². The number of hydrogen-bond acceptors (Lipinski definition) is 0. The minimum atomic E-state index is 1.07. The van der Waals surface area contributed by atoms with Crippen LogP contribution < -0.4 is 0 Å². The van der Waals surface area contributed by atoms with Crippen molar-refractivity contribution in [3.05, 3.63) is 60.8 Å². The highest BCUT2D eigenvalue weighted by molar-refractivity contribution is 5.11. The lowest BCUT2D eigenvalue weighted by atomic mass is 10.2. The third kappa shape index (κ3) is 6.24. The van der Waals surface area contributed by atoms with E-state index in [4.69, 9.17) is 0 Å². The Balaban J connectivity index is 2.45. The number of hydrogen-bond donors (Lipinski definition) is 0. The summed E-state index contributed by atoms with van der Waals surface area (Å²) in [7, 11) is 0. The Morgan fingerprint density at radius 3 is 2.07 bits per heavy atom. The highest BCUT2D eigenvalue weighted by Crippen LogP contribution is 1.97. The lowest BCUT2D eigenvalue weighted by molar-refractivity contribution is 1.04. The summed E-state index contributed by atoms with van der Waals surface area (Å²) in [6, 6.07) is 0. The lowest BCUT2D eigenvalue weighted by Gasteiger charge is -1.86. The molecule has 1 rings (SSSR count). The van der Waals surface area contributed by atoms with Crippen molar-refractivity contribution in [3.8, 4) is 0 Å². The Labute approximate surface area is 87.0 Å². The third-order valence-corrected chi connectivity index (χ3v) is 1.92. The van der Waals surface area contributed by atoms with Crippen LogP contribution in [0, 0.1) is 6.08 Å². The van der Waals surface area contributed by atoms with E-state index in [1.165, 1.54) is 0 Å². The molecule has 0 spiro atoms. The zero-order valence-electron chi connectivity index (χ0n) is 8.52. The van der Waals surface area contributed by atoms with Gasteiger partial charge in [0.2, 0.25) is 0 Å². The molecule has 0 fully saturated rings. The van der Waals surface area contributed by atoms with Gasteiger partial charge >= 0.3 is 0 Å². The van der Waals surface area contributed by atoms with Crippen LogP contribution in [-0.2, 0) is 0 Å². The Kier molecular flexibility index (Phi) is 6.39. The van der Waals surface area contributed by atoms with Crippen LogP contribution in [0.4, 0.5) is 0 Å². The van der Waals surface area contributed by atoms with Gasteiger partial charge in [-0.1, -0.05) is 54.7 Å². The molecule has 0 N–H and O–H groups in total. The Morgan fingerprint density at radius 1 is 0.643 bits per heavy atom. The molecule has 1 radical (unpaired) electrons. The molecule has 0 unspecified atom stereocenters. The lowest BCUT2D eigenvalue weighted by Crippen LogP contribution is -1.67. The molecule has 1 aliphatic rings. The van der Waals surface area contributed by atoms with E-state index >= 15 is 0 Å². The van der Waals surface area contributed by atoms with Crippen LogP contribution in [0.25, 0.3) is 0 Å². The first-order valence-corrected chi connectivity index (χ1v) is 5.21. The summed E-state index contributed by atoms with van der Waals surface area (Å²) in [6.45, 7) is 0. The van der Waals surface area contributed by atoms with Crippen molar-refractivity contribution >= 4 is 0 Å². The molecule has 1 aliphatic carbocycles. The second-order valence-electron chi connectivity index (χ2n) is 3.17. The molecule has 0 aromatic rings. The summed E-state index contributed by atoms with van der Waals surface area (Å²) in [4.78, 5) is 0. The summed E-state index contributed by atoms with van der Waals surface area (Å²) in [5.41, 5.74) is 0. The number of allylic oxidation sites excluding steroid dienone is 10. The molecule has 14 heavy (non-hydrogen) atoms. The SMILES string of the molecule is [C]1=C/CC/C=C/C=C\C=C\CC\C=C/1. The Bertz CT molecular complexity index is 234. The summed E-state index contributed by atoms with van der Waals surface area (Å²) >= 11 is 0. The number of rotatable bonds is 0. The largest absolute Gasteiger partial charge is 0.0842 e. The Morgan fingerprint density at radius 2 is 1.29 bits per heavy atom. The maximum atomic E-state index is 3.16. The average Bonchev–Trinajstić information content (AvgIpc) is 2.22. The van der Waals surface area contributed by atoms with Gasteiger partial charge in [0.25, 0.3) is 0 Å². The molecule has 0 aromatic heterocycles. The quantitative estimate of drug-likeness (QED) is 0.532. The van der Waals surface area contributed by atoms with Crippen molar-refractivity contribution in [2.75, 3.05) is 0 Å². The van der Waals surface area contributed by atoms with Gasteiger partial charge in [0.1, 0.15) is 0 Å². The van der Waals surface area contributed by atoms with Crippen LogP contribution in [0.1, 0.15) is 25.7 Å². The van der Waals surface area contributed by atoms with Gasteiger partial charge in [-0.15, -0.1) is 0 Å². The van der Waals surface area contributed by atoms with Gasteiger partial charge in [0.15, 0.2) is 0 Å². The van der Waals surface area contributed by atoms with E-state index in [0.29, 0.717) is 0 Å². The predicted octanol–water partition coefficient (Wildman–Crippen LogP) is 4.14. The fourth-order valence-electron chi connectivity index (χ4n) is 1.15. The fourth-order valence-corrected chi connectivity index (χ4v) is 1.15. The first kappa shape index (κ1) is 10.8. The maximum absolute atomic E-state index is 3.16. The van der Waals surface area contributed by atoms with Gasteiger partial charge in [-0.2, -0.15) is 0 Å². The predicted molar refractivity (Wildman–Crippen MR) is 62.8 cm³/mol. The molecule has 0 saturated carbocycles. The van der Waals surface area contributed by atoms with E-state index < -0.39 is 0 Å². The van der Waals surface area contributed by atoms with E-state index in [1.807, 2.05) is 6.08 Å². The Hall–Kier alpha value is -1.30. The van der Waals surface area contributed by atoms with Gasteiger partial charge in [0, 0.05) is 0 Å². The summed E-state index contributed by atoms with van der Waals surface area (Å²) in [5.74, 6) is 0. The highest BCUT2D eigenvalue weighted by Gasteiger charge is 1.77. The first-order chi connectivity index (χ1) is 7.00. The minimum absolute atomic E-state index is 1.07. The second kappa shape index (κ2) is 8.31. The van der Waals surface area contributed by atoms with Crippen LogP contribution in [-0.4, -0.2) is 0 Å². The van der Waals surface area contributed by atoms with Crippen molar-refractivity contribution in [2.45, 2.75) is 25.7 Å². The van der Waals surface area contributed by atoms with Crippen LogP contribution >= 0.6 is 0 Å². The zero-order chi connectivity index (χ0) is 9.90. The monoisotopic (exact) mass is 185 g/mol. The van der Waals surface area contributed by atoms with Crippen LogP contribution in [0.5, 0.6) is 0 Å². The summed E-state index contributed by atoms with van der Waals surface area (Å²) in [6.07, 6.45) is 26.5. The third-order valence-electron chi connectivity index (χ3n) is 1.92. The molecule has 0 heteroatoms. The highest BCUT2D eigenvalue weighted by atomic mass is 13.8. The minimum Gasteiger partial charge on any atom is -0.0842 e. The van der Waals surface area contributed by atoms with Crippen LogP contribution in [0.15, 0.2) is 54.7 Å². The molecule has 0 bridgehead atoms. The second-order valence-corrected chi connectivity index (χ2v) is 3.17. The smallest absolute Gasteiger partial charge is 0.0230 e. The molecule has 0 heterocycles. The molecular formula is C14H17. The average molecular weight is 185 g/mol. The standard InChI is InChI=1S/C14H17/c1-2-4-6-8-10-12-14-13-11-9-7-5-3-1/h1-6,11-13H,7-10H2/b2-1-,5-3+,6-4+,13-11-,14-12?. The molecule has 0 amide bonds. The summed E-state index contributed by atoms with van der Waals surface area (Å²) < 4.78 is 0. The van der Waals surface area contributed by atoms with Crippen molar-refractivity contribution in [1.29, 1.82) is 0 Å². The van der Waals surface area contributed by atoms with E-state index in [0.717, 1.165) is 25.7 Å². The van der Waals surface area contributed by atoms with Crippen LogP contribution in [0.3, 0.4) is 0 Å². The summed E-state index contributed by atoms with van der Waals surface area (Å²) in [5, 5.41) is 0. The molecule has 0 aliphatic heterocycles. The van der Waals surface area contributed by atoms with Crippen molar-refractivity contribution < 1.29 is 0 Å². The van der Waals surface area contributed by atoms with Crippen LogP contribution in [0.2, 0.25) is 0 Å². The van der Waals surface area contributed by atoms with Gasteiger partial charge in [-0.3, -0.25) is 0 Å². The van der Waals surface area contributed by atoms with Crippen molar-refractivity contribution in [2.24, 2.45) is 0 Å². The normalized spacial score (nSPS) is 29.7. The van der Waals surface area contributed by atoms with E-state index in [9.17, 15) is 0 Å². The fraction of sp³-hybridized carbons (Fsp3) is 0.286. The molecule has 73 valence electrons. The van der Waals surface area contributed by atoms with Gasteiger partial charge < -0.3 is 0 Å². The zero-order valence-corrected chi connectivity index (χ0v) is 8.52. The van der Waals surface area contributed by atoms with E-state index in [2.05, 4.69) is 54.7 Å². The molecule has 0 saturated heterocycles. The topological polar surface area (TPSA) is 0 Å². The van der Waals surface area contributed by atoms with E-state index in [1.54, 1.807) is 0 Å². The molecule has 0 nitrogen and oxygen atoms in total. The van der Waals surface area contributed by atoms with Gasteiger partial charge in [0.05, 0.1) is 0 Å². The van der Waals surface area contributed by atoms with Crippen molar-refractivity contribution in [1.82, 2.24) is 0 Å². The molecular weight excluding hydrogens is 168 g/mol. The molecule has 0 atom stereocenters. The van der Waals surface area contributed by atoms with E-state index in [-0.39, 0.29) is 0 Å². The first-order valence-electron chi connectivity index (χ1n) is 5.21. The van der Waals surface area contributed by atoms with Crippen molar-refractivity contribution in [3.63, 3.8) is 0 Å².